The predicted octanol–water partition coefficient (Wildman–Crippen LogP) is 2.60. The van der Waals surface area contributed by atoms with Gasteiger partial charge in [-0.05, 0) is 12.1 Å². The molecule has 2 aromatic rings. The zero-order valence-corrected chi connectivity index (χ0v) is 10.2. The normalized spacial score (nSPS) is 10.2. The van der Waals surface area contributed by atoms with Gasteiger partial charge in [0.2, 0.25) is 5.95 Å². The minimum atomic E-state index is -0.622. The molecule has 0 spiro atoms. The lowest BCUT2D eigenvalue weighted by Gasteiger charge is -2.10. The summed E-state index contributed by atoms with van der Waals surface area (Å²) in [5, 5.41) is 3.15. The number of hydrogen-bond acceptors (Lipinski definition) is 5. The molecule has 7 heteroatoms. The lowest BCUT2D eigenvalue weighted by atomic mass is 10.3. The van der Waals surface area contributed by atoms with Crippen LogP contribution in [0.5, 0.6) is 5.75 Å². The van der Waals surface area contributed by atoms with E-state index in [9.17, 15) is 4.39 Å². The maximum atomic E-state index is 13.5. The Morgan fingerprint density at radius 3 is 2.94 bits per heavy atom. The van der Waals surface area contributed by atoms with Crippen LogP contribution in [-0.2, 0) is 0 Å². The van der Waals surface area contributed by atoms with Gasteiger partial charge < -0.3 is 15.8 Å². The van der Waals surface area contributed by atoms with Crippen molar-refractivity contribution in [2.24, 2.45) is 0 Å². The van der Waals surface area contributed by atoms with E-state index in [1.54, 1.807) is 18.2 Å². The highest BCUT2D eigenvalue weighted by molar-refractivity contribution is 6.33. The zero-order chi connectivity index (χ0) is 13.1. The first kappa shape index (κ1) is 12.4. The first-order chi connectivity index (χ1) is 8.60. The molecule has 18 heavy (non-hydrogen) atoms. The monoisotopic (exact) mass is 268 g/mol. The molecule has 0 aliphatic heterocycles. The highest BCUT2D eigenvalue weighted by Gasteiger charge is 2.09. The van der Waals surface area contributed by atoms with Crippen LogP contribution >= 0.6 is 11.6 Å². The number of benzene rings is 1. The zero-order valence-electron chi connectivity index (χ0n) is 9.45. The molecule has 0 aliphatic carbocycles. The number of methoxy groups -OCH3 is 1. The topological polar surface area (TPSA) is 73.1 Å². The standard InChI is InChI=1S/C11H10ClFN4O/c1-18-6-2-3-7(12)9(4-6)16-10-8(13)5-15-11(14)17-10/h2-5H,1H3,(H3,14,15,16,17). The summed E-state index contributed by atoms with van der Waals surface area (Å²) in [4.78, 5) is 7.28. The summed E-state index contributed by atoms with van der Waals surface area (Å²) in [6, 6.07) is 4.95. The number of nitrogens with one attached hydrogen (secondary N) is 1. The van der Waals surface area contributed by atoms with Gasteiger partial charge in [0, 0.05) is 6.07 Å². The van der Waals surface area contributed by atoms with E-state index in [4.69, 9.17) is 22.1 Å². The van der Waals surface area contributed by atoms with Crippen LogP contribution < -0.4 is 15.8 Å². The van der Waals surface area contributed by atoms with E-state index >= 15 is 0 Å². The first-order valence-corrected chi connectivity index (χ1v) is 5.36. The molecule has 5 nitrogen and oxygen atoms in total. The molecule has 0 radical (unpaired) electrons. The molecule has 0 unspecified atom stereocenters. The van der Waals surface area contributed by atoms with Gasteiger partial charge in [-0.3, -0.25) is 0 Å². The van der Waals surface area contributed by atoms with Crippen molar-refractivity contribution >= 4 is 29.1 Å². The van der Waals surface area contributed by atoms with Gasteiger partial charge >= 0.3 is 0 Å². The van der Waals surface area contributed by atoms with E-state index in [-0.39, 0.29) is 11.8 Å². The number of ether oxygens (including phenoxy) is 1. The number of aromatic nitrogens is 2. The molecule has 1 aromatic heterocycles. The summed E-state index contributed by atoms with van der Waals surface area (Å²) in [7, 11) is 1.52. The van der Waals surface area contributed by atoms with Crippen molar-refractivity contribution in [2.75, 3.05) is 18.2 Å². The Labute approximate surface area is 108 Å². The predicted molar refractivity (Wildman–Crippen MR) is 67.7 cm³/mol. The quantitative estimate of drug-likeness (QED) is 0.895. The van der Waals surface area contributed by atoms with Gasteiger partial charge in [0.1, 0.15) is 5.75 Å². The number of hydrogen-bond donors (Lipinski definition) is 2. The smallest absolute Gasteiger partial charge is 0.222 e. The van der Waals surface area contributed by atoms with E-state index in [0.717, 1.165) is 6.20 Å². The van der Waals surface area contributed by atoms with Crippen LogP contribution in [0.1, 0.15) is 0 Å². The van der Waals surface area contributed by atoms with E-state index in [2.05, 4.69) is 15.3 Å². The van der Waals surface area contributed by atoms with Crippen molar-refractivity contribution in [3.05, 3.63) is 35.2 Å². The van der Waals surface area contributed by atoms with E-state index in [1.165, 1.54) is 7.11 Å². The molecule has 2 rings (SSSR count). The number of halogens is 2. The number of rotatable bonds is 3. The maximum absolute atomic E-state index is 13.5. The van der Waals surface area contributed by atoms with Gasteiger partial charge in [-0.25, -0.2) is 9.37 Å². The summed E-state index contributed by atoms with van der Waals surface area (Å²) in [5.41, 5.74) is 5.85. The van der Waals surface area contributed by atoms with Crippen molar-refractivity contribution in [1.29, 1.82) is 0 Å². The lowest BCUT2D eigenvalue weighted by Crippen LogP contribution is -2.03. The molecule has 3 N–H and O–H groups in total. The first-order valence-electron chi connectivity index (χ1n) is 4.98. The van der Waals surface area contributed by atoms with Crippen molar-refractivity contribution < 1.29 is 9.13 Å². The molecule has 0 saturated heterocycles. The fourth-order valence-corrected chi connectivity index (χ4v) is 1.49. The fraction of sp³-hybridized carbons (Fsp3) is 0.0909. The molecule has 0 atom stereocenters. The Kier molecular flexibility index (Phi) is 3.47. The number of nitrogens with two attached hydrogens (primary N) is 1. The van der Waals surface area contributed by atoms with E-state index in [1.807, 2.05) is 0 Å². The summed E-state index contributed by atoms with van der Waals surface area (Å²) >= 11 is 5.98. The molecule has 0 saturated carbocycles. The summed E-state index contributed by atoms with van der Waals surface area (Å²) < 4.78 is 18.5. The average Bonchev–Trinajstić information content (AvgIpc) is 2.36. The molecule has 0 amide bonds. The minimum absolute atomic E-state index is 0.0297. The number of anilines is 3. The highest BCUT2D eigenvalue weighted by Crippen LogP contribution is 2.29. The Balaban J connectivity index is 2.36. The Hall–Kier alpha value is -2.08. The third kappa shape index (κ3) is 2.60. The molecule has 1 aromatic carbocycles. The second-order valence-corrected chi connectivity index (χ2v) is 3.80. The summed E-state index contributed by atoms with van der Waals surface area (Å²) in [6.07, 6.45) is 0.985. The Morgan fingerprint density at radius 1 is 1.44 bits per heavy atom. The minimum Gasteiger partial charge on any atom is -0.497 e. The van der Waals surface area contributed by atoms with Crippen LogP contribution in [-0.4, -0.2) is 17.1 Å². The van der Waals surface area contributed by atoms with Crippen molar-refractivity contribution in [1.82, 2.24) is 9.97 Å². The van der Waals surface area contributed by atoms with Gasteiger partial charge in [0.25, 0.3) is 0 Å². The van der Waals surface area contributed by atoms with Gasteiger partial charge in [-0.1, -0.05) is 11.6 Å². The van der Waals surface area contributed by atoms with Crippen LogP contribution in [0.25, 0.3) is 0 Å². The highest BCUT2D eigenvalue weighted by atomic mass is 35.5. The number of nitrogen functional groups attached to an aromatic ring is 1. The fourth-order valence-electron chi connectivity index (χ4n) is 1.32. The van der Waals surface area contributed by atoms with Crippen molar-refractivity contribution in [2.45, 2.75) is 0 Å². The van der Waals surface area contributed by atoms with Crippen LogP contribution in [0.2, 0.25) is 5.02 Å². The second kappa shape index (κ2) is 5.05. The third-order valence-corrected chi connectivity index (χ3v) is 2.52. The van der Waals surface area contributed by atoms with Gasteiger partial charge in [0.15, 0.2) is 11.6 Å². The lowest BCUT2D eigenvalue weighted by molar-refractivity contribution is 0.415. The molecule has 0 bridgehead atoms. The average molecular weight is 269 g/mol. The molecular formula is C11H10ClFN4O. The van der Waals surface area contributed by atoms with Crippen LogP contribution in [0, 0.1) is 5.82 Å². The van der Waals surface area contributed by atoms with Crippen LogP contribution in [0.4, 0.5) is 21.8 Å². The van der Waals surface area contributed by atoms with Gasteiger partial charge in [0.05, 0.1) is 24.0 Å². The van der Waals surface area contributed by atoms with Gasteiger partial charge in [-0.15, -0.1) is 0 Å². The van der Waals surface area contributed by atoms with Crippen LogP contribution in [0.3, 0.4) is 0 Å². The van der Waals surface area contributed by atoms with E-state index < -0.39 is 5.82 Å². The molecule has 94 valence electrons. The van der Waals surface area contributed by atoms with E-state index in [0.29, 0.717) is 16.5 Å². The summed E-state index contributed by atoms with van der Waals surface area (Å²) in [5.74, 6) is -0.108. The maximum Gasteiger partial charge on any atom is 0.222 e. The Morgan fingerprint density at radius 2 is 2.22 bits per heavy atom. The van der Waals surface area contributed by atoms with Crippen molar-refractivity contribution in [3.63, 3.8) is 0 Å². The Bertz CT molecular complexity index is 579. The SMILES string of the molecule is COc1ccc(Cl)c(Nc2nc(N)ncc2F)c1. The van der Waals surface area contributed by atoms with Crippen molar-refractivity contribution in [3.8, 4) is 5.75 Å². The second-order valence-electron chi connectivity index (χ2n) is 3.40. The molecule has 0 aliphatic rings. The third-order valence-electron chi connectivity index (χ3n) is 2.19. The summed E-state index contributed by atoms with van der Waals surface area (Å²) in [6.45, 7) is 0. The largest absolute Gasteiger partial charge is 0.497 e. The number of nitrogens with zero attached hydrogens (tertiary/aromatic N) is 2. The molecular weight excluding hydrogens is 259 g/mol. The molecule has 1 heterocycles. The van der Waals surface area contributed by atoms with Gasteiger partial charge in [-0.2, -0.15) is 4.98 Å². The van der Waals surface area contributed by atoms with Crippen LogP contribution in [0.15, 0.2) is 24.4 Å². The molecule has 0 fully saturated rings.